The predicted molar refractivity (Wildman–Crippen MR) is 116 cm³/mol. The van der Waals surface area contributed by atoms with E-state index in [1.807, 2.05) is 6.07 Å². The molecule has 3 aliphatic heterocycles. The fraction of sp³-hybridized carbons (Fsp3) is 0.391. The Labute approximate surface area is 179 Å². The molecule has 0 N–H and O–H groups in total. The first kappa shape index (κ1) is 18.7. The second kappa shape index (κ2) is 7.48. The van der Waals surface area contributed by atoms with Gasteiger partial charge in [0.1, 0.15) is 0 Å². The highest BCUT2D eigenvalue weighted by Crippen LogP contribution is 2.49. The Bertz CT molecular complexity index is 987. The lowest BCUT2D eigenvalue weighted by atomic mass is 9.86. The quantitative estimate of drug-likeness (QED) is 0.465. The fourth-order valence-corrected chi connectivity index (χ4v) is 4.73. The number of methoxy groups -OCH3 is 1. The molecule has 0 fully saturated rings. The summed E-state index contributed by atoms with van der Waals surface area (Å²) in [5, 5.41) is 0.920. The number of alkyl halides is 1. The van der Waals surface area contributed by atoms with Crippen LogP contribution in [0.25, 0.3) is 11.8 Å². The maximum atomic E-state index is 6.20. The Morgan fingerprint density at radius 3 is 2.83 bits per heavy atom. The SMILES string of the molecule is COc1ccc2c(c1OCCCBr)[C@H](C)N1CCc3cc4c(cc3C1=C2)OCO4. The third kappa shape index (κ3) is 3.05. The molecule has 0 bridgehead atoms. The second-order valence-corrected chi connectivity index (χ2v) is 8.30. The average Bonchev–Trinajstić information content (AvgIpc) is 3.20. The van der Waals surface area contributed by atoms with Crippen molar-refractivity contribution < 1.29 is 18.9 Å². The molecule has 0 saturated heterocycles. The lowest BCUT2D eigenvalue weighted by Crippen LogP contribution is -2.34. The van der Waals surface area contributed by atoms with Gasteiger partial charge in [-0.2, -0.15) is 0 Å². The topological polar surface area (TPSA) is 40.2 Å². The van der Waals surface area contributed by atoms with E-state index < -0.39 is 0 Å². The van der Waals surface area contributed by atoms with E-state index in [9.17, 15) is 0 Å². The van der Waals surface area contributed by atoms with Crippen molar-refractivity contribution in [1.29, 1.82) is 0 Å². The lowest BCUT2D eigenvalue weighted by molar-refractivity contribution is 0.174. The van der Waals surface area contributed by atoms with E-state index in [1.165, 1.54) is 28.0 Å². The zero-order chi connectivity index (χ0) is 20.0. The van der Waals surface area contributed by atoms with Crippen LogP contribution >= 0.6 is 15.9 Å². The molecule has 0 amide bonds. The molecule has 2 aromatic rings. The molecule has 2 aromatic carbocycles. The predicted octanol–water partition coefficient (Wildman–Crippen LogP) is 5.02. The van der Waals surface area contributed by atoms with E-state index in [-0.39, 0.29) is 6.04 Å². The first-order chi connectivity index (χ1) is 14.2. The number of halogens is 1. The first-order valence-electron chi connectivity index (χ1n) is 10.0. The molecule has 0 aliphatic carbocycles. The van der Waals surface area contributed by atoms with E-state index in [4.69, 9.17) is 18.9 Å². The summed E-state index contributed by atoms with van der Waals surface area (Å²) in [6.07, 6.45) is 4.20. The molecule has 0 aromatic heterocycles. The van der Waals surface area contributed by atoms with Gasteiger partial charge in [0.25, 0.3) is 0 Å². The van der Waals surface area contributed by atoms with Crippen LogP contribution in [0.15, 0.2) is 24.3 Å². The van der Waals surface area contributed by atoms with Crippen LogP contribution in [0.3, 0.4) is 0 Å². The summed E-state index contributed by atoms with van der Waals surface area (Å²) in [4.78, 5) is 2.46. The summed E-state index contributed by atoms with van der Waals surface area (Å²) in [6.45, 7) is 4.17. The van der Waals surface area contributed by atoms with Crippen LogP contribution in [-0.2, 0) is 6.42 Å². The van der Waals surface area contributed by atoms with E-state index >= 15 is 0 Å². The van der Waals surface area contributed by atoms with Gasteiger partial charge in [0, 0.05) is 28.7 Å². The molecule has 0 unspecified atom stereocenters. The van der Waals surface area contributed by atoms with E-state index in [0.29, 0.717) is 13.4 Å². The zero-order valence-electron chi connectivity index (χ0n) is 16.7. The highest BCUT2D eigenvalue weighted by atomic mass is 79.9. The van der Waals surface area contributed by atoms with Gasteiger partial charge in [0.2, 0.25) is 6.79 Å². The highest BCUT2D eigenvalue weighted by molar-refractivity contribution is 9.09. The molecule has 5 rings (SSSR count). The van der Waals surface area contributed by atoms with Crippen LogP contribution < -0.4 is 18.9 Å². The highest BCUT2D eigenvalue weighted by Gasteiger charge is 2.34. The number of hydrogen-bond donors (Lipinski definition) is 0. The molecule has 0 saturated carbocycles. The summed E-state index contributed by atoms with van der Waals surface area (Å²) in [7, 11) is 1.70. The largest absolute Gasteiger partial charge is 0.493 e. The summed E-state index contributed by atoms with van der Waals surface area (Å²) >= 11 is 3.48. The number of nitrogens with zero attached hydrogens (tertiary/aromatic N) is 1. The van der Waals surface area contributed by atoms with Crippen molar-refractivity contribution in [3.05, 3.63) is 46.5 Å². The van der Waals surface area contributed by atoms with Gasteiger partial charge in [-0.15, -0.1) is 0 Å². The first-order valence-corrected chi connectivity index (χ1v) is 11.1. The zero-order valence-corrected chi connectivity index (χ0v) is 18.3. The molecule has 6 heteroatoms. The van der Waals surface area contributed by atoms with Crippen molar-refractivity contribution in [3.63, 3.8) is 0 Å². The van der Waals surface area contributed by atoms with Gasteiger partial charge < -0.3 is 23.8 Å². The summed E-state index contributed by atoms with van der Waals surface area (Å²) < 4.78 is 23.0. The van der Waals surface area contributed by atoms with Crippen LogP contribution in [-0.4, -0.2) is 37.3 Å². The maximum absolute atomic E-state index is 6.20. The minimum absolute atomic E-state index is 0.192. The average molecular weight is 458 g/mol. The standard InChI is InChI=1S/C23H24BrNO4/c1-14-22-16(4-5-19(26-2)23(22)27-9-3-7-24)10-18-17-12-21-20(28-13-29-21)11-15(17)6-8-25(14)18/h4-5,10-12,14H,3,6-9,13H2,1-2H3/t14-/m0/s1. The molecule has 0 radical (unpaired) electrons. The van der Waals surface area contributed by atoms with Gasteiger partial charge in [0.05, 0.1) is 19.8 Å². The van der Waals surface area contributed by atoms with Crippen LogP contribution in [0.5, 0.6) is 23.0 Å². The third-order valence-electron chi connectivity index (χ3n) is 5.92. The summed E-state index contributed by atoms with van der Waals surface area (Å²) in [5.41, 5.74) is 6.17. The lowest BCUT2D eigenvalue weighted by Gasteiger charge is -2.42. The minimum atomic E-state index is 0.192. The molecule has 1 atom stereocenters. The fourth-order valence-electron chi connectivity index (χ4n) is 4.50. The molecule has 0 spiro atoms. The van der Waals surface area contributed by atoms with Gasteiger partial charge in [0.15, 0.2) is 23.0 Å². The molecule has 3 heterocycles. The van der Waals surface area contributed by atoms with Crippen molar-refractivity contribution in [2.24, 2.45) is 0 Å². The summed E-state index contributed by atoms with van der Waals surface area (Å²) in [5.74, 6) is 3.35. The van der Waals surface area contributed by atoms with Gasteiger partial charge in [-0.05, 0) is 55.2 Å². The van der Waals surface area contributed by atoms with E-state index in [0.717, 1.165) is 47.7 Å². The Hall–Kier alpha value is -2.34. The van der Waals surface area contributed by atoms with Crippen LogP contribution in [0.2, 0.25) is 0 Å². The van der Waals surface area contributed by atoms with Crippen molar-refractivity contribution in [3.8, 4) is 23.0 Å². The minimum Gasteiger partial charge on any atom is -0.493 e. The van der Waals surface area contributed by atoms with Crippen molar-refractivity contribution in [2.75, 3.05) is 32.4 Å². The second-order valence-electron chi connectivity index (χ2n) is 7.50. The monoisotopic (exact) mass is 457 g/mol. The number of rotatable bonds is 5. The Morgan fingerprint density at radius 1 is 1.21 bits per heavy atom. The van der Waals surface area contributed by atoms with Crippen LogP contribution in [0.1, 0.15) is 41.6 Å². The molecular formula is C23H24BrNO4. The Morgan fingerprint density at radius 2 is 2.03 bits per heavy atom. The van der Waals surface area contributed by atoms with Gasteiger partial charge in [-0.1, -0.05) is 22.0 Å². The summed E-state index contributed by atoms with van der Waals surface area (Å²) in [6, 6.07) is 8.60. The third-order valence-corrected chi connectivity index (χ3v) is 6.48. The van der Waals surface area contributed by atoms with Crippen molar-refractivity contribution in [1.82, 2.24) is 4.90 Å². The van der Waals surface area contributed by atoms with Gasteiger partial charge >= 0.3 is 0 Å². The van der Waals surface area contributed by atoms with Gasteiger partial charge in [-0.25, -0.2) is 0 Å². The molecule has 152 valence electrons. The number of ether oxygens (including phenoxy) is 4. The van der Waals surface area contributed by atoms with E-state index in [1.54, 1.807) is 7.11 Å². The van der Waals surface area contributed by atoms with Crippen LogP contribution in [0.4, 0.5) is 0 Å². The smallest absolute Gasteiger partial charge is 0.231 e. The van der Waals surface area contributed by atoms with Crippen molar-refractivity contribution in [2.45, 2.75) is 25.8 Å². The molecular weight excluding hydrogens is 434 g/mol. The molecule has 29 heavy (non-hydrogen) atoms. The number of fused-ring (bicyclic) bond motifs is 5. The number of benzene rings is 2. The Kier molecular flexibility index (Phi) is 4.82. The van der Waals surface area contributed by atoms with Gasteiger partial charge in [-0.3, -0.25) is 0 Å². The molecule has 3 aliphatic rings. The van der Waals surface area contributed by atoms with E-state index in [2.05, 4.69) is 52.0 Å². The Balaban J connectivity index is 1.61. The normalized spacial score (nSPS) is 18.5. The maximum Gasteiger partial charge on any atom is 0.231 e. The molecule has 5 nitrogen and oxygen atoms in total. The van der Waals surface area contributed by atoms with Crippen LogP contribution in [0, 0.1) is 0 Å². The van der Waals surface area contributed by atoms with Crippen molar-refractivity contribution >= 4 is 27.7 Å². The number of hydrogen-bond acceptors (Lipinski definition) is 5.